The van der Waals surface area contributed by atoms with Crippen LogP contribution in [0.1, 0.15) is 25.3 Å². The van der Waals surface area contributed by atoms with E-state index in [0.717, 1.165) is 22.8 Å². The van der Waals surface area contributed by atoms with Gasteiger partial charge in [-0.05, 0) is 54.7 Å². The SMILES string of the molecule is CC(NC(=O)C1CCCN1C(=O)C(N)Cc1ccccc1)C(=O)Nc1ccc2ccccc2c1. The molecule has 0 aliphatic carbocycles. The second-order valence-electron chi connectivity index (χ2n) is 8.77. The molecule has 7 nitrogen and oxygen atoms in total. The summed E-state index contributed by atoms with van der Waals surface area (Å²) < 4.78 is 0. The molecule has 4 rings (SSSR count). The van der Waals surface area contributed by atoms with Gasteiger partial charge in [-0.2, -0.15) is 0 Å². The largest absolute Gasteiger partial charge is 0.343 e. The molecule has 0 saturated carbocycles. The van der Waals surface area contributed by atoms with E-state index in [2.05, 4.69) is 10.6 Å². The lowest BCUT2D eigenvalue weighted by Gasteiger charge is -2.27. The predicted molar refractivity (Wildman–Crippen MR) is 133 cm³/mol. The molecule has 3 aromatic rings. The molecular weight excluding hydrogens is 428 g/mol. The van der Waals surface area contributed by atoms with Crippen molar-refractivity contribution < 1.29 is 14.4 Å². The minimum Gasteiger partial charge on any atom is -0.343 e. The van der Waals surface area contributed by atoms with Crippen molar-refractivity contribution in [3.63, 3.8) is 0 Å². The summed E-state index contributed by atoms with van der Waals surface area (Å²) in [5.41, 5.74) is 7.82. The molecule has 4 N–H and O–H groups in total. The van der Waals surface area contributed by atoms with Gasteiger partial charge < -0.3 is 21.3 Å². The fraction of sp³-hybridized carbons (Fsp3) is 0.296. The molecule has 1 saturated heterocycles. The van der Waals surface area contributed by atoms with Crippen LogP contribution >= 0.6 is 0 Å². The number of hydrogen-bond donors (Lipinski definition) is 3. The van der Waals surface area contributed by atoms with E-state index >= 15 is 0 Å². The molecular formula is C27H30N4O3. The van der Waals surface area contributed by atoms with Gasteiger partial charge in [0, 0.05) is 12.2 Å². The number of amides is 3. The average Bonchev–Trinajstić information content (AvgIpc) is 3.34. The van der Waals surface area contributed by atoms with Crippen molar-refractivity contribution in [2.24, 2.45) is 5.73 Å². The Kier molecular flexibility index (Phi) is 7.23. The molecule has 0 spiro atoms. The fourth-order valence-electron chi connectivity index (χ4n) is 4.36. The van der Waals surface area contributed by atoms with Crippen molar-refractivity contribution in [2.75, 3.05) is 11.9 Å². The van der Waals surface area contributed by atoms with Crippen LogP contribution in [0.5, 0.6) is 0 Å². The van der Waals surface area contributed by atoms with Crippen molar-refractivity contribution >= 4 is 34.2 Å². The third-order valence-corrected chi connectivity index (χ3v) is 6.22. The lowest BCUT2D eigenvalue weighted by molar-refractivity contribution is -0.140. The summed E-state index contributed by atoms with van der Waals surface area (Å²) in [5.74, 6) is -0.894. The molecule has 1 aliphatic rings. The van der Waals surface area contributed by atoms with Gasteiger partial charge in [-0.1, -0.05) is 60.7 Å². The molecule has 0 radical (unpaired) electrons. The standard InChI is InChI=1S/C27H30N4O3/c1-18(25(32)30-22-14-13-20-10-5-6-11-21(20)17-22)29-26(33)24-12-7-15-31(24)27(34)23(28)16-19-8-3-2-4-9-19/h2-6,8-11,13-14,17-18,23-24H,7,12,15-16,28H2,1H3,(H,29,33)(H,30,32). The Morgan fingerprint density at radius 1 is 1.00 bits per heavy atom. The maximum Gasteiger partial charge on any atom is 0.246 e. The van der Waals surface area contributed by atoms with Crippen molar-refractivity contribution in [2.45, 2.75) is 44.3 Å². The number of hydrogen-bond acceptors (Lipinski definition) is 4. The number of anilines is 1. The van der Waals surface area contributed by atoms with Gasteiger partial charge in [0.05, 0.1) is 6.04 Å². The fourth-order valence-corrected chi connectivity index (χ4v) is 4.36. The number of carbonyl (C=O) groups is 3. The van der Waals surface area contributed by atoms with Crippen molar-refractivity contribution in [3.8, 4) is 0 Å². The molecule has 3 aromatic carbocycles. The zero-order chi connectivity index (χ0) is 24.1. The Balaban J connectivity index is 1.34. The lowest BCUT2D eigenvalue weighted by Crippen LogP contribution is -2.54. The number of likely N-dealkylation sites (tertiary alicyclic amines) is 1. The highest BCUT2D eigenvalue weighted by Gasteiger charge is 2.37. The normalized spacial score (nSPS) is 17.2. The summed E-state index contributed by atoms with van der Waals surface area (Å²) in [4.78, 5) is 40.2. The summed E-state index contributed by atoms with van der Waals surface area (Å²) >= 11 is 0. The average molecular weight is 459 g/mol. The Labute approximate surface area is 199 Å². The van der Waals surface area contributed by atoms with Crippen LogP contribution < -0.4 is 16.4 Å². The van der Waals surface area contributed by atoms with E-state index in [4.69, 9.17) is 5.73 Å². The number of rotatable bonds is 7. The Morgan fingerprint density at radius 3 is 2.47 bits per heavy atom. The van der Waals surface area contributed by atoms with Crippen LogP contribution in [-0.4, -0.2) is 47.3 Å². The summed E-state index contributed by atoms with van der Waals surface area (Å²) in [6, 6.07) is 21.0. The second-order valence-corrected chi connectivity index (χ2v) is 8.77. The number of benzene rings is 3. The van der Waals surface area contributed by atoms with Crippen molar-refractivity contribution in [1.82, 2.24) is 10.2 Å². The number of nitrogens with two attached hydrogens (primary N) is 1. The molecule has 0 bridgehead atoms. The molecule has 1 fully saturated rings. The van der Waals surface area contributed by atoms with Gasteiger partial charge in [0.15, 0.2) is 0 Å². The van der Waals surface area contributed by atoms with Crippen LogP contribution in [0.3, 0.4) is 0 Å². The minimum atomic E-state index is -0.755. The van der Waals surface area contributed by atoms with E-state index in [1.807, 2.05) is 72.8 Å². The zero-order valence-corrected chi connectivity index (χ0v) is 19.2. The van der Waals surface area contributed by atoms with Gasteiger partial charge in [0.2, 0.25) is 17.7 Å². The lowest BCUT2D eigenvalue weighted by atomic mass is 10.1. The summed E-state index contributed by atoms with van der Waals surface area (Å²) in [5, 5.41) is 7.72. The Hall–Kier alpha value is -3.71. The maximum atomic E-state index is 13.0. The molecule has 1 aliphatic heterocycles. The van der Waals surface area contributed by atoms with E-state index in [1.165, 1.54) is 0 Å². The predicted octanol–water partition coefficient (Wildman–Crippen LogP) is 2.84. The van der Waals surface area contributed by atoms with Gasteiger partial charge in [-0.15, -0.1) is 0 Å². The second kappa shape index (κ2) is 10.5. The molecule has 176 valence electrons. The number of fused-ring (bicyclic) bond motifs is 1. The zero-order valence-electron chi connectivity index (χ0n) is 19.2. The van der Waals surface area contributed by atoms with Gasteiger partial charge in [-0.25, -0.2) is 0 Å². The highest BCUT2D eigenvalue weighted by atomic mass is 16.2. The first-order valence-electron chi connectivity index (χ1n) is 11.6. The van der Waals surface area contributed by atoms with Gasteiger partial charge in [-0.3, -0.25) is 14.4 Å². The molecule has 0 aromatic heterocycles. The first-order chi connectivity index (χ1) is 16.4. The molecule has 3 unspecified atom stereocenters. The summed E-state index contributed by atoms with van der Waals surface area (Å²) in [7, 11) is 0. The Bertz CT molecular complexity index is 1180. The van der Waals surface area contributed by atoms with Gasteiger partial charge >= 0.3 is 0 Å². The maximum absolute atomic E-state index is 13.0. The highest BCUT2D eigenvalue weighted by molar-refractivity contribution is 6.00. The van der Waals surface area contributed by atoms with Crippen LogP contribution in [-0.2, 0) is 20.8 Å². The molecule has 3 amide bonds. The number of carbonyl (C=O) groups excluding carboxylic acids is 3. The summed E-state index contributed by atoms with van der Waals surface area (Å²) in [6.07, 6.45) is 1.68. The topological polar surface area (TPSA) is 105 Å². The number of nitrogens with one attached hydrogen (secondary N) is 2. The third kappa shape index (κ3) is 5.43. The van der Waals surface area contributed by atoms with E-state index in [9.17, 15) is 14.4 Å². The monoisotopic (exact) mass is 458 g/mol. The summed E-state index contributed by atoms with van der Waals surface area (Å²) in [6.45, 7) is 2.12. The Morgan fingerprint density at radius 2 is 1.71 bits per heavy atom. The van der Waals surface area contributed by atoms with E-state index < -0.39 is 18.1 Å². The van der Waals surface area contributed by atoms with Crippen molar-refractivity contribution in [3.05, 3.63) is 78.4 Å². The van der Waals surface area contributed by atoms with E-state index in [1.54, 1.807) is 11.8 Å². The first kappa shape index (κ1) is 23.4. The minimum absolute atomic E-state index is 0.241. The van der Waals surface area contributed by atoms with Gasteiger partial charge in [0.1, 0.15) is 12.1 Å². The first-order valence-corrected chi connectivity index (χ1v) is 11.6. The van der Waals surface area contributed by atoms with Crippen LogP contribution in [0.2, 0.25) is 0 Å². The smallest absolute Gasteiger partial charge is 0.246 e. The van der Waals surface area contributed by atoms with Crippen LogP contribution in [0.4, 0.5) is 5.69 Å². The van der Waals surface area contributed by atoms with E-state index in [-0.39, 0.29) is 17.7 Å². The van der Waals surface area contributed by atoms with Crippen molar-refractivity contribution in [1.29, 1.82) is 0 Å². The highest BCUT2D eigenvalue weighted by Crippen LogP contribution is 2.21. The van der Waals surface area contributed by atoms with Crippen LogP contribution in [0.15, 0.2) is 72.8 Å². The molecule has 34 heavy (non-hydrogen) atoms. The molecule has 1 heterocycles. The van der Waals surface area contributed by atoms with E-state index in [0.29, 0.717) is 25.1 Å². The third-order valence-electron chi connectivity index (χ3n) is 6.22. The van der Waals surface area contributed by atoms with Crippen LogP contribution in [0.25, 0.3) is 10.8 Å². The quantitative estimate of drug-likeness (QED) is 0.506. The van der Waals surface area contributed by atoms with Gasteiger partial charge in [0.25, 0.3) is 0 Å². The molecule has 7 heteroatoms. The molecule has 3 atom stereocenters. The number of nitrogens with zero attached hydrogens (tertiary/aromatic N) is 1. The van der Waals surface area contributed by atoms with Crippen LogP contribution in [0, 0.1) is 0 Å².